The number of nitrogens with zero attached hydrogens (tertiary/aromatic N) is 4. The lowest BCUT2D eigenvalue weighted by Gasteiger charge is -2.00. The molecule has 126 valence electrons. The van der Waals surface area contributed by atoms with Crippen LogP contribution in [0, 0.1) is 12.3 Å². The van der Waals surface area contributed by atoms with E-state index in [1.54, 1.807) is 18.2 Å². The van der Waals surface area contributed by atoms with Gasteiger partial charge in [0.05, 0.1) is 12.1 Å². The number of fused-ring (bicyclic) bond motifs is 1. The maximum absolute atomic E-state index is 11.7. The maximum Gasteiger partial charge on any atom is 0.262 e. The van der Waals surface area contributed by atoms with Crippen molar-refractivity contribution in [2.45, 2.75) is 18.2 Å². The number of carbonyl (C=O) groups is 2. The first kappa shape index (κ1) is 16.7. The molecule has 1 aromatic carbocycles. The van der Waals surface area contributed by atoms with Crippen molar-refractivity contribution in [1.82, 2.24) is 4.57 Å². The van der Waals surface area contributed by atoms with Gasteiger partial charge in [-0.05, 0) is 6.07 Å². The topological polar surface area (TPSA) is 122 Å². The molecule has 2 heterocycles. The Morgan fingerprint density at radius 2 is 2.20 bits per heavy atom. The monoisotopic (exact) mass is 355 g/mol. The number of carbonyl (C=O) groups excluding carboxylic acids is 2. The summed E-state index contributed by atoms with van der Waals surface area (Å²) in [4.78, 5) is 26.4. The normalized spacial score (nSPS) is 17.2. The summed E-state index contributed by atoms with van der Waals surface area (Å²) >= 11 is 1.01. The van der Waals surface area contributed by atoms with E-state index in [9.17, 15) is 14.7 Å². The second-order valence-electron chi connectivity index (χ2n) is 5.19. The van der Waals surface area contributed by atoms with Crippen LogP contribution in [0.25, 0.3) is 10.9 Å². The minimum Gasteiger partial charge on any atom is -0.493 e. The third kappa shape index (κ3) is 3.25. The van der Waals surface area contributed by atoms with Crippen LogP contribution in [0.4, 0.5) is 5.69 Å². The predicted octanol–water partition coefficient (Wildman–Crippen LogP) is 1.94. The Labute approximate surface area is 146 Å². The number of aromatic nitrogens is 1. The van der Waals surface area contributed by atoms with E-state index in [-0.39, 0.29) is 29.7 Å². The number of nitrogens with two attached hydrogens (primary N) is 1. The summed E-state index contributed by atoms with van der Waals surface area (Å²) in [7, 11) is 0. The number of aromatic hydroxyl groups is 1. The Bertz CT molecular complexity index is 970. The van der Waals surface area contributed by atoms with Gasteiger partial charge in [-0.25, -0.2) is 0 Å². The molecule has 8 nitrogen and oxygen atoms in total. The van der Waals surface area contributed by atoms with Gasteiger partial charge in [0.2, 0.25) is 17.0 Å². The van der Waals surface area contributed by atoms with Crippen molar-refractivity contribution in [3.63, 3.8) is 0 Å². The number of azo groups is 1. The summed E-state index contributed by atoms with van der Waals surface area (Å²) in [5, 5.41) is 18.4. The molecular formula is C16H13N5O3S. The first-order chi connectivity index (χ1) is 12.0. The van der Waals surface area contributed by atoms with E-state index in [1.165, 1.54) is 4.57 Å². The van der Waals surface area contributed by atoms with E-state index in [0.29, 0.717) is 5.39 Å². The average molecular weight is 355 g/mol. The number of primary amides is 1. The molecule has 25 heavy (non-hydrogen) atoms. The number of thioether (sulfide) groups is 1. The van der Waals surface area contributed by atoms with Crippen LogP contribution in [0.5, 0.6) is 5.88 Å². The number of para-hydroxylation sites is 1. The fourth-order valence-electron chi connectivity index (χ4n) is 2.44. The van der Waals surface area contributed by atoms with Crippen LogP contribution in [-0.2, 0) is 16.1 Å². The fraction of sp³-hybridized carbons (Fsp3) is 0.188. The first-order valence-corrected chi connectivity index (χ1v) is 8.12. The van der Waals surface area contributed by atoms with Gasteiger partial charge in [-0.1, -0.05) is 35.9 Å². The van der Waals surface area contributed by atoms with Gasteiger partial charge in [-0.2, -0.15) is 4.99 Å². The molecule has 1 unspecified atom stereocenters. The molecule has 0 bridgehead atoms. The third-order valence-electron chi connectivity index (χ3n) is 3.52. The van der Waals surface area contributed by atoms with E-state index in [0.717, 1.165) is 17.3 Å². The molecule has 0 saturated heterocycles. The molecule has 0 aliphatic carbocycles. The maximum atomic E-state index is 11.7. The highest BCUT2D eigenvalue weighted by molar-refractivity contribution is 8.15. The van der Waals surface area contributed by atoms with Crippen LogP contribution in [0.2, 0.25) is 0 Å². The largest absolute Gasteiger partial charge is 0.493 e. The number of amides is 2. The number of rotatable bonds is 4. The molecule has 1 aliphatic heterocycles. The quantitative estimate of drug-likeness (QED) is 0.642. The van der Waals surface area contributed by atoms with Crippen LogP contribution in [0.3, 0.4) is 0 Å². The molecule has 0 spiro atoms. The Balaban J connectivity index is 1.91. The summed E-state index contributed by atoms with van der Waals surface area (Å²) in [5.41, 5.74) is 6.05. The van der Waals surface area contributed by atoms with Crippen molar-refractivity contribution < 1.29 is 14.7 Å². The average Bonchev–Trinajstić information content (AvgIpc) is 3.04. The Morgan fingerprint density at radius 3 is 2.92 bits per heavy atom. The molecule has 0 fully saturated rings. The lowest BCUT2D eigenvalue weighted by atomic mass is 10.2. The number of terminal acetylenes is 1. The summed E-state index contributed by atoms with van der Waals surface area (Å²) in [6.45, 7) is 0.177. The van der Waals surface area contributed by atoms with Crippen molar-refractivity contribution in [3.05, 3.63) is 24.3 Å². The minimum atomic E-state index is -0.678. The Hall–Kier alpha value is -3.12. The van der Waals surface area contributed by atoms with Crippen molar-refractivity contribution in [2.24, 2.45) is 21.0 Å². The van der Waals surface area contributed by atoms with Gasteiger partial charge < -0.3 is 10.8 Å². The molecule has 1 aliphatic rings. The van der Waals surface area contributed by atoms with Gasteiger partial charge >= 0.3 is 0 Å². The lowest BCUT2D eigenvalue weighted by molar-refractivity contribution is -0.122. The molecular weight excluding hydrogens is 342 g/mol. The van der Waals surface area contributed by atoms with E-state index >= 15 is 0 Å². The third-order valence-corrected chi connectivity index (χ3v) is 4.55. The van der Waals surface area contributed by atoms with Crippen LogP contribution in [0.15, 0.2) is 39.5 Å². The zero-order chi connectivity index (χ0) is 18.0. The molecule has 0 saturated carbocycles. The molecule has 1 atom stereocenters. The number of aliphatic imine (C=N–C) groups is 1. The molecule has 3 rings (SSSR count). The van der Waals surface area contributed by atoms with Gasteiger partial charge in [-0.3, -0.25) is 14.2 Å². The molecule has 3 N–H and O–H groups in total. The smallest absolute Gasteiger partial charge is 0.262 e. The number of hydrogen-bond acceptors (Lipinski definition) is 6. The highest BCUT2D eigenvalue weighted by Crippen LogP contribution is 2.39. The van der Waals surface area contributed by atoms with Gasteiger partial charge in [0.25, 0.3) is 5.91 Å². The molecule has 0 radical (unpaired) electrons. The fourth-order valence-corrected chi connectivity index (χ4v) is 3.33. The summed E-state index contributed by atoms with van der Waals surface area (Å²) in [6.07, 6.45) is 5.23. The molecule has 2 aromatic rings. The molecule has 1 aromatic heterocycles. The van der Waals surface area contributed by atoms with Crippen LogP contribution >= 0.6 is 11.8 Å². The first-order valence-electron chi connectivity index (χ1n) is 7.24. The zero-order valence-corrected chi connectivity index (χ0v) is 13.7. The Morgan fingerprint density at radius 1 is 1.44 bits per heavy atom. The van der Waals surface area contributed by atoms with Crippen molar-refractivity contribution in [3.8, 4) is 18.2 Å². The number of hydrogen-bond donors (Lipinski definition) is 2. The number of amidine groups is 1. The molecule has 9 heteroatoms. The second kappa shape index (κ2) is 6.78. The van der Waals surface area contributed by atoms with Crippen LogP contribution in [0.1, 0.15) is 6.42 Å². The summed E-state index contributed by atoms with van der Waals surface area (Å²) in [5.74, 6) is 1.29. The van der Waals surface area contributed by atoms with Crippen molar-refractivity contribution in [1.29, 1.82) is 0 Å². The van der Waals surface area contributed by atoms with Gasteiger partial charge in [-0.15, -0.1) is 16.7 Å². The lowest BCUT2D eigenvalue weighted by Crippen LogP contribution is -2.21. The SMILES string of the molecule is C#CCn1c(O)c(N=NC2=NC(=O)C(CC(N)=O)S2)c2ccccc21. The summed E-state index contributed by atoms with van der Waals surface area (Å²) in [6, 6.07) is 7.20. The van der Waals surface area contributed by atoms with E-state index < -0.39 is 17.1 Å². The zero-order valence-electron chi connectivity index (χ0n) is 12.9. The predicted molar refractivity (Wildman–Crippen MR) is 94.6 cm³/mol. The van der Waals surface area contributed by atoms with Gasteiger partial charge in [0.15, 0.2) is 5.69 Å². The highest BCUT2D eigenvalue weighted by atomic mass is 32.2. The minimum absolute atomic E-state index is 0.112. The van der Waals surface area contributed by atoms with Gasteiger partial charge in [0.1, 0.15) is 5.25 Å². The summed E-state index contributed by atoms with van der Waals surface area (Å²) < 4.78 is 1.54. The van der Waals surface area contributed by atoms with E-state index in [4.69, 9.17) is 12.2 Å². The van der Waals surface area contributed by atoms with E-state index in [1.807, 2.05) is 6.07 Å². The Kier molecular flexibility index (Phi) is 4.54. The van der Waals surface area contributed by atoms with E-state index in [2.05, 4.69) is 21.1 Å². The van der Waals surface area contributed by atoms with Crippen molar-refractivity contribution in [2.75, 3.05) is 0 Å². The number of benzene rings is 1. The molecule has 2 amide bonds. The second-order valence-corrected chi connectivity index (χ2v) is 6.36. The van der Waals surface area contributed by atoms with Crippen molar-refractivity contribution >= 4 is 45.3 Å². The van der Waals surface area contributed by atoms with Crippen LogP contribution in [-0.4, -0.2) is 31.9 Å². The van der Waals surface area contributed by atoms with Crippen LogP contribution < -0.4 is 5.73 Å². The standard InChI is InChI=1S/C16H13N5O3S/c1-2-7-21-10-6-4-3-5-9(10)13(15(21)24)19-20-16-18-14(23)11(25-16)8-12(17)22/h1,3-6,11,24H,7-8H2,(H2,17,22). The highest BCUT2D eigenvalue weighted by Gasteiger charge is 2.30. The van der Waals surface area contributed by atoms with Gasteiger partial charge in [0, 0.05) is 11.8 Å².